The molecule has 0 fully saturated rings. The maximum absolute atomic E-state index is 10.1. The standard InChI is InChI=1S/C10H21NO/c1-5-6-10(12,9(2)3)7-8-11-4/h11-12H,2,5-8H2,1,3-4H3. The number of nitrogens with one attached hydrogen (secondary N) is 1. The summed E-state index contributed by atoms with van der Waals surface area (Å²) in [6.07, 6.45) is 2.56. The lowest BCUT2D eigenvalue weighted by atomic mass is 9.88. The van der Waals surface area contributed by atoms with Crippen LogP contribution in [0.1, 0.15) is 33.1 Å². The third-order valence-electron chi connectivity index (χ3n) is 2.25. The molecule has 0 saturated carbocycles. The third-order valence-corrected chi connectivity index (χ3v) is 2.25. The molecule has 0 heterocycles. The summed E-state index contributed by atoms with van der Waals surface area (Å²) in [4.78, 5) is 0. The van der Waals surface area contributed by atoms with E-state index in [1.807, 2.05) is 14.0 Å². The fourth-order valence-corrected chi connectivity index (χ4v) is 1.30. The van der Waals surface area contributed by atoms with E-state index < -0.39 is 5.60 Å². The minimum absolute atomic E-state index is 0.655. The van der Waals surface area contributed by atoms with Gasteiger partial charge in [0.15, 0.2) is 0 Å². The van der Waals surface area contributed by atoms with Gasteiger partial charge in [0.05, 0.1) is 5.60 Å². The summed E-state index contributed by atoms with van der Waals surface area (Å²) < 4.78 is 0. The summed E-state index contributed by atoms with van der Waals surface area (Å²) in [5.74, 6) is 0. The van der Waals surface area contributed by atoms with Gasteiger partial charge >= 0.3 is 0 Å². The van der Waals surface area contributed by atoms with Crippen LogP contribution >= 0.6 is 0 Å². The smallest absolute Gasteiger partial charge is 0.0863 e. The lowest BCUT2D eigenvalue weighted by Crippen LogP contribution is -2.33. The van der Waals surface area contributed by atoms with Crippen molar-refractivity contribution in [2.45, 2.75) is 38.7 Å². The van der Waals surface area contributed by atoms with E-state index in [-0.39, 0.29) is 0 Å². The molecule has 1 unspecified atom stereocenters. The van der Waals surface area contributed by atoms with Crippen molar-refractivity contribution in [3.63, 3.8) is 0 Å². The Balaban J connectivity index is 4.08. The topological polar surface area (TPSA) is 32.3 Å². The van der Waals surface area contributed by atoms with E-state index in [0.29, 0.717) is 0 Å². The molecule has 12 heavy (non-hydrogen) atoms. The molecule has 0 radical (unpaired) electrons. The highest BCUT2D eigenvalue weighted by Gasteiger charge is 2.25. The second kappa shape index (κ2) is 5.33. The largest absolute Gasteiger partial charge is 0.385 e. The van der Waals surface area contributed by atoms with Crippen molar-refractivity contribution < 1.29 is 5.11 Å². The van der Waals surface area contributed by atoms with Gasteiger partial charge in [0, 0.05) is 0 Å². The van der Waals surface area contributed by atoms with Crippen LogP contribution in [0.25, 0.3) is 0 Å². The van der Waals surface area contributed by atoms with Crippen LogP contribution in [0.4, 0.5) is 0 Å². The first-order valence-corrected chi connectivity index (χ1v) is 4.59. The normalized spacial score (nSPS) is 15.7. The van der Waals surface area contributed by atoms with Crippen molar-refractivity contribution in [2.75, 3.05) is 13.6 Å². The van der Waals surface area contributed by atoms with Crippen molar-refractivity contribution in [3.8, 4) is 0 Å². The molecule has 0 bridgehead atoms. The Morgan fingerprint density at radius 3 is 2.42 bits per heavy atom. The van der Waals surface area contributed by atoms with E-state index >= 15 is 0 Å². The number of rotatable bonds is 6. The van der Waals surface area contributed by atoms with Crippen LogP contribution in [0.5, 0.6) is 0 Å². The van der Waals surface area contributed by atoms with Gasteiger partial charge in [0.1, 0.15) is 0 Å². The predicted molar refractivity (Wildman–Crippen MR) is 53.2 cm³/mol. The SMILES string of the molecule is C=C(C)C(O)(CCC)CCNC. The van der Waals surface area contributed by atoms with Crippen LogP contribution in [0, 0.1) is 0 Å². The highest BCUT2D eigenvalue weighted by atomic mass is 16.3. The number of hydrogen-bond donors (Lipinski definition) is 2. The van der Waals surface area contributed by atoms with E-state index in [4.69, 9.17) is 0 Å². The first-order chi connectivity index (χ1) is 5.56. The maximum Gasteiger partial charge on any atom is 0.0863 e. The van der Waals surface area contributed by atoms with Crippen LogP contribution in [-0.2, 0) is 0 Å². The molecule has 0 aliphatic carbocycles. The van der Waals surface area contributed by atoms with Crippen molar-refractivity contribution in [3.05, 3.63) is 12.2 Å². The lowest BCUT2D eigenvalue weighted by molar-refractivity contribution is 0.0603. The summed E-state index contributed by atoms with van der Waals surface area (Å²) in [5, 5.41) is 13.1. The van der Waals surface area contributed by atoms with Crippen molar-refractivity contribution >= 4 is 0 Å². The molecule has 2 heteroatoms. The molecule has 0 aromatic carbocycles. The fraction of sp³-hybridized carbons (Fsp3) is 0.800. The van der Waals surface area contributed by atoms with Crippen LogP contribution in [0.3, 0.4) is 0 Å². The van der Waals surface area contributed by atoms with Crippen LogP contribution in [0.15, 0.2) is 12.2 Å². The highest BCUT2D eigenvalue weighted by Crippen LogP contribution is 2.24. The quantitative estimate of drug-likeness (QED) is 0.596. The van der Waals surface area contributed by atoms with Gasteiger partial charge in [0.2, 0.25) is 0 Å². The van der Waals surface area contributed by atoms with E-state index in [2.05, 4.69) is 18.8 Å². The third kappa shape index (κ3) is 3.37. The molecule has 0 aliphatic heterocycles. The number of aliphatic hydroxyl groups is 1. The Hall–Kier alpha value is -0.340. The molecule has 0 amide bonds. The van der Waals surface area contributed by atoms with Crippen LogP contribution in [0.2, 0.25) is 0 Å². The summed E-state index contributed by atoms with van der Waals surface area (Å²) in [7, 11) is 1.89. The Bertz CT molecular complexity index is 145. The molecule has 0 aromatic heterocycles. The van der Waals surface area contributed by atoms with Gasteiger partial charge in [0.25, 0.3) is 0 Å². The molecule has 0 rings (SSSR count). The van der Waals surface area contributed by atoms with Crippen LogP contribution in [-0.4, -0.2) is 24.3 Å². The zero-order chi connectivity index (χ0) is 9.61. The monoisotopic (exact) mass is 171 g/mol. The Morgan fingerprint density at radius 1 is 1.50 bits per heavy atom. The molecular formula is C10H21NO. The minimum Gasteiger partial charge on any atom is -0.385 e. The van der Waals surface area contributed by atoms with Gasteiger partial charge < -0.3 is 10.4 Å². The van der Waals surface area contributed by atoms with E-state index in [0.717, 1.165) is 31.4 Å². The average molecular weight is 171 g/mol. The fourth-order valence-electron chi connectivity index (χ4n) is 1.30. The maximum atomic E-state index is 10.1. The predicted octanol–water partition coefficient (Wildman–Crippen LogP) is 1.70. The number of hydrogen-bond acceptors (Lipinski definition) is 2. The van der Waals surface area contributed by atoms with E-state index in [1.54, 1.807) is 0 Å². The van der Waals surface area contributed by atoms with Gasteiger partial charge in [-0.25, -0.2) is 0 Å². The Kier molecular flexibility index (Phi) is 5.18. The molecule has 0 spiro atoms. The Morgan fingerprint density at radius 2 is 2.08 bits per heavy atom. The summed E-state index contributed by atoms with van der Waals surface area (Å²) in [5.41, 5.74) is 0.220. The summed E-state index contributed by atoms with van der Waals surface area (Å²) in [6.45, 7) is 8.63. The first kappa shape index (κ1) is 11.7. The zero-order valence-electron chi connectivity index (χ0n) is 8.48. The first-order valence-electron chi connectivity index (χ1n) is 4.59. The molecular weight excluding hydrogens is 150 g/mol. The van der Waals surface area contributed by atoms with Gasteiger partial charge in [-0.3, -0.25) is 0 Å². The van der Waals surface area contributed by atoms with Crippen LogP contribution < -0.4 is 5.32 Å². The summed E-state index contributed by atoms with van der Waals surface area (Å²) >= 11 is 0. The Labute approximate surface area is 75.7 Å². The molecule has 2 nitrogen and oxygen atoms in total. The molecule has 0 aliphatic rings. The zero-order valence-corrected chi connectivity index (χ0v) is 8.48. The van der Waals surface area contributed by atoms with Crippen molar-refractivity contribution in [2.24, 2.45) is 0 Å². The molecule has 0 aromatic rings. The molecule has 72 valence electrons. The van der Waals surface area contributed by atoms with Gasteiger partial charge in [-0.15, -0.1) is 0 Å². The van der Waals surface area contributed by atoms with Gasteiger partial charge in [-0.1, -0.05) is 19.9 Å². The molecule has 2 N–H and O–H groups in total. The molecule has 1 atom stereocenters. The van der Waals surface area contributed by atoms with Gasteiger partial charge in [-0.05, 0) is 38.9 Å². The van der Waals surface area contributed by atoms with E-state index in [9.17, 15) is 5.11 Å². The van der Waals surface area contributed by atoms with Crippen molar-refractivity contribution in [1.82, 2.24) is 5.32 Å². The average Bonchev–Trinajstić information content (AvgIpc) is 2.01. The highest BCUT2D eigenvalue weighted by molar-refractivity contribution is 5.09. The van der Waals surface area contributed by atoms with Crippen molar-refractivity contribution in [1.29, 1.82) is 0 Å². The minimum atomic E-state index is -0.655. The van der Waals surface area contributed by atoms with E-state index in [1.165, 1.54) is 0 Å². The molecule has 0 saturated heterocycles. The van der Waals surface area contributed by atoms with Gasteiger partial charge in [-0.2, -0.15) is 0 Å². The summed E-state index contributed by atoms with van der Waals surface area (Å²) in [6, 6.07) is 0. The second-order valence-electron chi connectivity index (χ2n) is 3.42. The lowest BCUT2D eigenvalue weighted by Gasteiger charge is -2.28. The second-order valence-corrected chi connectivity index (χ2v) is 3.42.